The lowest BCUT2D eigenvalue weighted by molar-refractivity contribution is -0.142. The third kappa shape index (κ3) is 4.61. The van der Waals surface area contributed by atoms with Crippen LogP contribution in [0.2, 0.25) is 0 Å². The van der Waals surface area contributed by atoms with Crippen molar-refractivity contribution in [3.63, 3.8) is 0 Å². The molecule has 1 heterocycles. The van der Waals surface area contributed by atoms with Gasteiger partial charge in [-0.25, -0.2) is 4.98 Å². The zero-order valence-corrected chi connectivity index (χ0v) is 14.2. The summed E-state index contributed by atoms with van der Waals surface area (Å²) in [7, 11) is 0. The molecule has 0 radical (unpaired) electrons. The van der Waals surface area contributed by atoms with Gasteiger partial charge in [0.15, 0.2) is 0 Å². The third-order valence-electron chi connectivity index (χ3n) is 3.99. The van der Waals surface area contributed by atoms with E-state index in [9.17, 15) is 26.3 Å². The Balaban J connectivity index is 1.99. The van der Waals surface area contributed by atoms with Gasteiger partial charge in [0.1, 0.15) is 5.82 Å². The predicted molar refractivity (Wildman–Crippen MR) is 87.9 cm³/mol. The summed E-state index contributed by atoms with van der Waals surface area (Å²) >= 11 is 0. The molecule has 27 heavy (non-hydrogen) atoms. The lowest BCUT2D eigenvalue weighted by Gasteiger charge is -2.17. The summed E-state index contributed by atoms with van der Waals surface area (Å²) in [5, 5.41) is 5.40. The fourth-order valence-electron chi connectivity index (χ4n) is 2.56. The molecule has 1 saturated carbocycles. The molecular formula is C17H16F6N4. The Bertz CT molecular complexity index is 827. The maximum Gasteiger partial charge on any atom is 0.418 e. The van der Waals surface area contributed by atoms with Crippen LogP contribution in [0, 0.1) is 0 Å². The van der Waals surface area contributed by atoms with Crippen LogP contribution in [-0.4, -0.2) is 16.5 Å². The molecule has 0 unspecified atom stereocenters. The predicted octanol–water partition coefficient (Wildman–Crippen LogP) is 5.57. The zero-order valence-electron chi connectivity index (χ0n) is 14.2. The van der Waals surface area contributed by atoms with Crippen LogP contribution in [0.25, 0.3) is 0 Å². The average molecular weight is 390 g/mol. The lowest BCUT2D eigenvalue weighted by atomic mass is 10.1. The molecule has 1 fully saturated rings. The largest absolute Gasteiger partial charge is 0.418 e. The van der Waals surface area contributed by atoms with Crippen molar-refractivity contribution in [1.82, 2.24) is 9.97 Å². The van der Waals surface area contributed by atoms with E-state index in [0.29, 0.717) is 18.3 Å². The summed E-state index contributed by atoms with van der Waals surface area (Å²) in [5.41, 5.74) is -2.59. The highest BCUT2D eigenvalue weighted by Crippen LogP contribution is 2.42. The topological polar surface area (TPSA) is 49.8 Å². The van der Waals surface area contributed by atoms with Crippen molar-refractivity contribution in [3.05, 3.63) is 41.1 Å². The normalized spacial score (nSPS) is 14.9. The molecule has 0 atom stereocenters. The molecule has 0 amide bonds. The van der Waals surface area contributed by atoms with E-state index in [-0.39, 0.29) is 23.8 Å². The van der Waals surface area contributed by atoms with Crippen LogP contribution in [0.15, 0.2) is 24.3 Å². The van der Waals surface area contributed by atoms with E-state index >= 15 is 0 Å². The molecule has 0 saturated heterocycles. The van der Waals surface area contributed by atoms with E-state index in [2.05, 4.69) is 20.6 Å². The van der Waals surface area contributed by atoms with Crippen molar-refractivity contribution in [2.24, 2.45) is 0 Å². The standard InChI is InChI=1S/C17H16F6N4/c1-2-24-15-26-13(9-3-4-9)8-14(27-15)25-12-6-5-10(16(18,19)20)7-11(12)17(21,22)23/h5-9H,2-4H2,1H3,(H2,24,25,26,27). The van der Waals surface area contributed by atoms with Gasteiger partial charge in [-0.2, -0.15) is 31.3 Å². The summed E-state index contributed by atoms with van der Waals surface area (Å²) in [6, 6.07) is 2.98. The second-order valence-corrected chi connectivity index (χ2v) is 6.19. The molecular weight excluding hydrogens is 374 g/mol. The fraction of sp³-hybridized carbons (Fsp3) is 0.412. The van der Waals surface area contributed by atoms with Crippen molar-refractivity contribution >= 4 is 17.5 Å². The van der Waals surface area contributed by atoms with Gasteiger partial charge >= 0.3 is 12.4 Å². The van der Waals surface area contributed by atoms with Crippen molar-refractivity contribution in [2.45, 2.75) is 38.0 Å². The average Bonchev–Trinajstić information content (AvgIpc) is 3.38. The highest BCUT2D eigenvalue weighted by atomic mass is 19.4. The first kappa shape index (κ1) is 19.2. The van der Waals surface area contributed by atoms with Crippen molar-refractivity contribution in [1.29, 1.82) is 0 Å². The van der Waals surface area contributed by atoms with E-state index in [1.54, 1.807) is 0 Å². The van der Waals surface area contributed by atoms with Gasteiger partial charge in [-0.1, -0.05) is 0 Å². The van der Waals surface area contributed by atoms with Gasteiger partial charge in [-0.3, -0.25) is 0 Å². The highest BCUT2D eigenvalue weighted by molar-refractivity contribution is 5.63. The molecule has 1 aromatic carbocycles. The third-order valence-corrected chi connectivity index (χ3v) is 3.99. The van der Waals surface area contributed by atoms with Gasteiger partial charge in [-0.05, 0) is 38.0 Å². The molecule has 2 N–H and O–H groups in total. The Hall–Kier alpha value is -2.52. The Morgan fingerprint density at radius 3 is 2.26 bits per heavy atom. The van der Waals surface area contributed by atoms with Crippen LogP contribution in [0.5, 0.6) is 0 Å². The smallest absolute Gasteiger partial charge is 0.354 e. The van der Waals surface area contributed by atoms with Crippen LogP contribution < -0.4 is 10.6 Å². The Morgan fingerprint density at radius 1 is 1.00 bits per heavy atom. The van der Waals surface area contributed by atoms with Gasteiger partial charge in [0.25, 0.3) is 0 Å². The van der Waals surface area contributed by atoms with Gasteiger partial charge < -0.3 is 10.6 Å². The van der Waals surface area contributed by atoms with Crippen LogP contribution in [0.4, 0.5) is 43.8 Å². The molecule has 1 aliphatic carbocycles. The fourth-order valence-corrected chi connectivity index (χ4v) is 2.56. The first-order valence-corrected chi connectivity index (χ1v) is 8.26. The molecule has 0 spiro atoms. The van der Waals surface area contributed by atoms with Crippen LogP contribution in [0.3, 0.4) is 0 Å². The maximum atomic E-state index is 13.3. The van der Waals surface area contributed by atoms with E-state index in [1.165, 1.54) is 6.07 Å². The summed E-state index contributed by atoms with van der Waals surface area (Å²) in [4.78, 5) is 8.41. The van der Waals surface area contributed by atoms with Gasteiger partial charge in [0, 0.05) is 18.5 Å². The maximum absolute atomic E-state index is 13.3. The first-order valence-electron chi connectivity index (χ1n) is 8.26. The number of anilines is 3. The lowest BCUT2D eigenvalue weighted by Crippen LogP contribution is -2.13. The number of alkyl halides is 6. The van der Waals surface area contributed by atoms with Gasteiger partial charge in [-0.15, -0.1) is 0 Å². The van der Waals surface area contributed by atoms with Gasteiger partial charge in [0.05, 0.1) is 22.5 Å². The number of halogens is 6. The first-order chi connectivity index (χ1) is 12.6. The van der Waals surface area contributed by atoms with Gasteiger partial charge in [0.2, 0.25) is 5.95 Å². The summed E-state index contributed by atoms with van der Waals surface area (Å²) < 4.78 is 78.2. The van der Waals surface area contributed by atoms with E-state index in [1.807, 2.05) is 6.92 Å². The second kappa shape index (κ2) is 6.90. The van der Waals surface area contributed by atoms with Crippen molar-refractivity contribution in [2.75, 3.05) is 17.2 Å². The molecule has 0 bridgehead atoms. The minimum absolute atomic E-state index is 0.0908. The molecule has 3 rings (SSSR count). The zero-order chi connectivity index (χ0) is 19.8. The molecule has 1 aliphatic rings. The number of nitrogens with one attached hydrogen (secondary N) is 2. The number of hydrogen-bond donors (Lipinski definition) is 2. The SMILES string of the molecule is CCNc1nc(Nc2ccc(C(F)(F)F)cc2C(F)(F)F)cc(C2CC2)n1. The van der Waals surface area contributed by atoms with Crippen LogP contribution >= 0.6 is 0 Å². The Kier molecular flexibility index (Phi) is 4.92. The van der Waals surface area contributed by atoms with E-state index < -0.39 is 29.2 Å². The highest BCUT2D eigenvalue weighted by Gasteiger charge is 2.38. The Morgan fingerprint density at radius 2 is 1.70 bits per heavy atom. The number of nitrogens with zero attached hydrogens (tertiary/aromatic N) is 2. The number of benzene rings is 1. The molecule has 0 aliphatic heterocycles. The number of aromatic nitrogens is 2. The monoisotopic (exact) mass is 390 g/mol. The molecule has 4 nitrogen and oxygen atoms in total. The van der Waals surface area contributed by atoms with Crippen molar-refractivity contribution in [3.8, 4) is 0 Å². The van der Waals surface area contributed by atoms with E-state index in [0.717, 1.165) is 18.9 Å². The minimum Gasteiger partial charge on any atom is -0.354 e. The Labute approximate surface area is 151 Å². The quantitative estimate of drug-likeness (QED) is 0.656. The summed E-state index contributed by atoms with van der Waals surface area (Å²) in [5.74, 6) is 0.568. The molecule has 10 heteroatoms. The molecule has 1 aromatic heterocycles. The molecule has 146 valence electrons. The number of rotatable bonds is 5. The van der Waals surface area contributed by atoms with E-state index in [4.69, 9.17) is 0 Å². The summed E-state index contributed by atoms with van der Waals surface area (Å²) in [6.07, 6.45) is -7.97. The van der Waals surface area contributed by atoms with Crippen molar-refractivity contribution < 1.29 is 26.3 Å². The second-order valence-electron chi connectivity index (χ2n) is 6.19. The minimum atomic E-state index is -4.96. The van der Waals surface area contributed by atoms with Crippen LogP contribution in [-0.2, 0) is 12.4 Å². The van der Waals surface area contributed by atoms with Crippen LogP contribution in [0.1, 0.15) is 42.5 Å². The number of hydrogen-bond acceptors (Lipinski definition) is 4. The molecule has 2 aromatic rings. The summed E-state index contributed by atoms with van der Waals surface area (Å²) in [6.45, 7) is 2.33.